The SMILES string of the molecule is CC(C)(C)CCS(=O)(=O)N1CCC(N)c2ccccc21. The van der Waals surface area contributed by atoms with E-state index >= 15 is 0 Å². The second kappa shape index (κ2) is 5.37. The fourth-order valence-electron chi connectivity index (χ4n) is 2.39. The largest absolute Gasteiger partial charge is 0.324 e. The van der Waals surface area contributed by atoms with Gasteiger partial charge in [0.2, 0.25) is 10.0 Å². The van der Waals surface area contributed by atoms with Crippen molar-refractivity contribution >= 4 is 15.7 Å². The summed E-state index contributed by atoms with van der Waals surface area (Å²) in [6.07, 6.45) is 1.33. The van der Waals surface area contributed by atoms with Crippen LogP contribution in [0.25, 0.3) is 0 Å². The van der Waals surface area contributed by atoms with Crippen molar-refractivity contribution in [2.24, 2.45) is 11.1 Å². The summed E-state index contributed by atoms with van der Waals surface area (Å²) in [5.74, 6) is 0.181. The average Bonchev–Trinajstić information content (AvgIpc) is 2.36. The quantitative estimate of drug-likeness (QED) is 0.932. The lowest BCUT2D eigenvalue weighted by atomic mass is 9.94. The van der Waals surface area contributed by atoms with Crippen molar-refractivity contribution < 1.29 is 8.42 Å². The fourth-order valence-corrected chi connectivity index (χ4v) is 4.34. The Hall–Kier alpha value is -1.07. The summed E-state index contributed by atoms with van der Waals surface area (Å²) < 4.78 is 26.7. The van der Waals surface area contributed by atoms with Gasteiger partial charge in [-0.3, -0.25) is 4.31 Å². The Labute approximate surface area is 122 Å². The number of para-hydroxylation sites is 1. The van der Waals surface area contributed by atoms with Crippen LogP contribution < -0.4 is 10.0 Å². The molecule has 20 heavy (non-hydrogen) atoms. The highest BCUT2D eigenvalue weighted by atomic mass is 32.2. The van der Waals surface area contributed by atoms with Crippen molar-refractivity contribution in [1.29, 1.82) is 0 Å². The van der Waals surface area contributed by atoms with Crippen LogP contribution >= 0.6 is 0 Å². The van der Waals surface area contributed by atoms with Gasteiger partial charge in [-0.15, -0.1) is 0 Å². The minimum absolute atomic E-state index is 0.0127. The third kappa shape index (κ3) is 3.33. The molecule has 1 atom stereocenters. The second-order valence-corrected chi connectivity index (χ2v) is 8.67. The van der Waals surface area contributed by atoms with Crippen molar-refractivity contribution in [3.63, 3.8) is 0 Å². The van der Waals surface area contributed by atoms with E-state index in [1.165, 1.54) is 4.31 Å². The number of rotatable bonds is 3. The summed E-state index contributed by atoms with van der Waals surface area (Å²) in [6.45, 7) is 6.65. The molecule has 5 heteroatoms. The maximum atomic E-state index is 12.6. The van der Waals surface area contributed by atoms with Gasteiger partial charge in [-0.25, -0.2) is 8.42 Å². The maximum Gasteiger partial charge on any atom is 0.235 e. The summed E-state index contributed by atoms with van der Waals surface area (Å²) >= 11 is 0. The Morgan fingerprint density at radius 2 is 1.95 bits per heavy atom. The number of fused-ring (bicyclic) bond motifs is 1. The molecule has 0 bridgehead atoms. The lowest BCUT2D eigenvalue weighted by molar-refractivity contribution is 0.396. The van der Waals surface area contributed by atoms with Crippen molar-refractivity contribution in [1.82, 2.24) is 0 Å². The number of anilines is 1. The summed E-state index contributed by atoms with van der Waals surface area (Å²) in [5, 5.41) is 0. The zero-order valence-corrected chi connectivity index (χ0v) is 13.3. The molecular formula is C15H24N2O2S. The fraction of sp³-hybridized carbons (Fsp3) is 0.600. The third-order valence-corrected chi connectivity index (χ3v) is 5.46. The zero-order valence-electron chi connectivity index (χ0n) is 12.5. The van der Waals surface area contributed by atoms with Gasteiger partial charge in [0.25, 0.3) is 0 Å². The first-order valence-corrected chi connectivity index (χ1v) is 8.66. The minimum atomic E-state index is -3.28. The summed E-state index contributed by atoms with van der Waals surface area (Å²) in [4.78, 5) is 0. The van der Waals surface area contributed by atoms with E-state index in [1.807, 2.05) is 24.3 Å². The van der Waals surface area contributed by atoms with E-state index in [2.05, 4.69) is 20.8 Å². The number of hydrogen-bond donors (Lipinski definition) is 1. The average molecular weight is 296 g/mol. The van der Waals surface area contributed by atoms with E-state index in [4.69, 9.17) is 5.73 Å². The molecule has 1 unspecified atom stereocenters. The van der Waals surface area contributed by atoms with Crippen molar-refractivity contribution in [2.75, 3.05) is 16.6 Å². The van der Waals surface area contributed by atoms with E-state index in [-0.39, 0.29) is 17.2 Å². The van der Waals surface area contributed by atoms with Gasteiger partial charge in [0, 0.05) is 12.6 Å². The van der Waals surface area contributed by atoms with Crippen LogP contribution in [0.3, 0.4) is 0 Å². The summed E-state index contributed by atoms with van der Waals surface area (Å²) in [7, 11) is -3.28. The molecule has 0 saturated heterocycles. The van der Waals surface area contributed by atoms with Crippen molar-refractivity contribution in [3.8, 4) is 0 Å². The molecule has 0 aliphatic carbocycles. The van der Waals surface area contributed by atoms with E-state index in [9.17, 15) is 8.42 Å². The summed E-state index contributed by atoms with van der Waals surface area (Å²) in [6, 6.07) is 7.47. The van der Waals surface area contributed by atoms with Gasteiger partial charge in [0.1, 0.15) is 0 Å². The third-order valence-electron chi connectivity index (χ3n) is 3.69. The highest BCUT2D eigenvalue weighted by Crippen LogP contribution is 2.34. The number of nitrogens with zero attached hydrogens (tertiary/aromatic N) is 1. The first kappa shape index (κ1) is 15.3. The molecule has 0 spiro atoms. The van der Waals surface area contributed by atoms with E-state index in [1.54, 1.807) is 0 Å². The molecule has 4 nitrogen and oxygen atoms in total. The maximum absolute atomic E-state index is 12.6. The van der Waals surface area contributed by atoms with Gasteiger partial charge in [0.05, 0.1) is 11.4 Å². The zero-order chi connectivity index (χ0) is 15.0. The molecule has 2 rings (SSSR count). The van der Waals surface area contributed by atoms with Crippen LogP contribution in [-0.2, 0) is 10.0 Å². The minimum Gasteiger partial charge on any atom is -0.324 e. The number of sulfonamides is 1. The second-order valence-electron chi connectivity index (χ2n) is 6.65. The lowest BCUT2D eigenvalue weighted by Crippen LogP contribution is -2.40. The molecule has 0 radical (unpaired) electrons. The smallest absolute Gasteiger partial charge is 0.235 e. The van der Waals surface area contributed by atoms with E-state index in [0.717, 1.165) is 11.3 Å². The van der Waals surface area contributed by atoms with Crippen LogP contribution in [0.4, 0.5) is 5.69 Å². The van der Waals surface area contributed by atoms with E-state index < -0.39 is 10.0 Å². The predicted octanol–water partition coefficient (Wildman–Crippen LogP) is 2.66. The number of hydrogen-bond acceptors (Lipinski definition) is 3. The van der Waals surface area contributed by atoms with E-state index in [0.29, 0.717) is 19.4 Å². The first-order valence-electron chi connectivity index (χ1n) is 7.06. The van der Waals surface area contributed by atoms with Crippen LogP contribution in [0.5, 0.6) is 0 Å². The lowest BCUT2D eigenvalue weighted by Gasteiger charge is -2.34. The molecule has 0 fully saturated rings. The van der Waals surface area contributed by atoms with Gasteiger partial charge < -0.3 is 5.73 Å². The van der Waals surface area contributed by atoms with Crippen molar-refractivity contribution in [3.05, 3.63) is 29.8 Å². The predicted molar refractivity (Wildman–Crippen MR) is 83.2 cm³/mol. The Bertz CT molecular complexity index is 576. The Kier molecular flexibility index (Phi) is 4.12. The molecule has 1 heterocycles. The Balaban J connectivity index is 2.28. The highest BCUT2D eigenvalue weighted by Gasteiger charge is 2.31. The molecule has 1 aliphatic heterocycles. The van der Waals surface area contributed by atoms with Crippen LogP contribution in [-0.4, -0.2) is 20.7 Å². The van der Waals surface area contributed by atoms with Crippen molar-refractivity contribution in [2.45, 2.75) is 39.7 Å². The standard InChI is InChI=1S/C15H24N2O2S/c1-15(2,3)9-11-20(18,19)17-10-8-13(16)12-6-4-5-7-14(12)17/h4-7,13H,8-11,16H2,1-3H3. The van der Waals surface area contributed by atoms with Crippen LogP contribution in [0.2, 0.25) is 0 Å². The Morgan fingerprint density at radius 3 is 2.60 bits per heavy atom. The highest BCUT2D eigenvalue weighted by molar-refractivity contribution is 7.92. The van der Waals surface area contributed by atoms with Gasteiger partial charge >= 0.3 is 0 Å². The van der Waals surface area contributed by atoms with Crippen LogP contribution in [0, 0.1) is 5.41 Å². The molecule has 112 valence electrons. The van der Waals surface area contributed by atoms with Gasteiger partial charge in [-0.1, -0.05) is 39.0 Å². The molecular weight excluding hydrogens is 272 g/mol. The molecule has 0 amide bonds. The molecule has 1 aromatic carbocycles. The molecule has 1 aromatic rings. The molecule has 0 saturated carbocycles. The first-order chi connectivity index (χ1) is 9.21. The number of nitrogens with two attached hydrogens (primary N) is 1. The normalized spacial score (nSPS) is 19.8. The number of benzene rings is 1. The Morgan fingerprint density at radius 1 is 1.30 bits per heavy atom. The molecule has 2 N–H and O–H groups in total. The molecule has 1 aliphatic rings. The monoisotopic (exact) mass is 296 g/mol. The van der Waals surface area contributed by atoms with Crippen LogP contribution in [0.1, 0.15) is 45.2 Å². The molecule has 0 aromatic heterocycles. The van der Waals surface area contributed by atoms with Crippen LogP contribution in [0.15, 0.2) is 24.3 Å². The van der Waals surface area contributed by atoms with Gasteiger partial charge in [-0.05, 0) is 29.9 Å². The summed E-state index contributed by atoms with van der Waals surface area (Å²) in [5.41, 5.74) is 7.77. The van der Waals surface area contributed by atoms with Gasteiger partial charge in [0.15, 0.2) is 0 Å². The van der Waals surface area contributed by atoms with Gasteiger partial charge in [-0.2, -0.15) is 0 Å². The topological polar surface area (TPSA) is 63.4 Å².